The molecule has 2 heterocycles. The number of ketones is 1. The molecule has 0 fully saturated rings. The van der Waals surface area contributed by atoms with E-state index in [1.165, 1.54) is 29.1 Å². The van der Waals surface area contributed by atoms with Gasteiger partial charge in [0.05, 0.1) is 11.4 Å². The molecule has 0 unspecified atom stereocenters. The van der Waals surface area contributed by atoms with Crippen molar-refractivity contribution in [2.24, 2.45) is 0 Å². The van der Waals surface area contributed by atoms with Crippen LogP contribution in [0, 0.1) is 30.9 Å². The summed E-state index contributed by atoms with van der Waals surface area (Å²) in [5.74, 6) is -0.203. The van der Waals surface area contributed by atoms with Crippen LogP contribution in [0.4, 0.5) is 0 Å². The van der Waals surface area contributed by atoms with Gasteiger partial charge in [0, 0.05) is 16.2 Å². The summed E-state index contributed by atoms with van der Waals surface area (Å²) >= 11 is 2.58. The first kappa shape index (κ1) is 24.1. The van der Waals surface area contributed by atoms with Crippen LogP contribution in [0.2, 0.25) is 0 Å². The molecular formula is C17H27N3O4S2. The topological polar surface area (TPSA) is 95.2 Å². The van der Waals surface area contributed by atoms with Gasteiger partial charge in [-0.15, -0.1) is 32.8 Å². The van der Waals surface area contributed by atoms with E-state index in [0.29, 0.717) is 22.1 Å². The first-order valence-corrected chi connectivity index (χ1v) is 10.2. The Hall–Kier alpha value is -1.87. The van der Waals surface area contributed by atoms with Crippen molar-refractivity contribution in [1.82, 2.24) is 9.97 Å². The standard InChI is InChI=1S/C12H13N3O4S2.C3H8.C2H6/c1-6-8(3)20-11(13-6)10(16)12-14-7(2)9(21-12)4-5-19-15(17)18;1-3-2;1-2/h4-5H2,1-3H3;3H2,1-2H3;1-2H3. The van der Waals surface area contributed by atoms with Crippen molar-refractivity contribution in [2.75, 3.05) is 6.61 Å². The summed E-state index contributed by atoms with van der Waals surface area (Å²) < 4.78 is 0. The lowest BCUT2D eigenvalue weighted by Gasteiger charge is -1.96. The summed E-state index contributed by atoms with van der Waals surface area (Å²) in [5, 5.41) is 10.1. The van der Waals surface area contributed by atoms with E-state index in [-0.39, 0.29) is 12.4 Å². The number of aryl methyl sites for hydroxylation is 3. The van der Waals surface area contributed by atoms with E-state index in [0.717, 1.165) is 15.4 Å². The van der Waals surface area contributed by atoms with Crippen molar-refractivity contribution in [3.63, 3.8) is 0 Å². The molecule has 0 amide bonds. The molecule has 26 heavy (non-hydrogen) atoms. The van der Waals surface area contributed by atoms with Gasteiger partial charge in [-0.3, -0.25) is 4.79 Å². The van der Waals surface area contributed by atoms with Gasteiger partial charge < -0.3 is 4.84 Å². The first-order chi connectivity index (χ1) is 12.3. The molecule has 9 heteroatoms. The van der Waals surface area contributed by atoms with Gasteiger partial charge in [0.15, 0.2) is 10.0 Å². The van der Waals surface area contributed by atoms with Gasteiger partial charge in [-0.25, -0.2) is 9.97 Å². The van der Waals surface area contributed by atoms with Crippen LogP contribution in [0.15, 0.2) is 0 Å². The quantitative estimate of drug-likeness (QED) is 0.386. The molecule has 146 valence electrons. The molecule has 0 aromatic carbocycles. The van der Waals surface area contributed by atoms with E-state index in [1.54, 1.807) is 6.92 Å². The predicted octanol–water partition coefficient (Wildman–Crippen LogP) is 4.95. The number of hydrogen-bond acceptors (Lipinski definition) is 8. The minimum absolute atomic E-state index is 0.0425. The van der Waals surface area contributed by atoms with E-state index < -0.39 is 5.09 Å². The van der Waals surface area contributed by atoms with E-state index in [4.69, 9.17) is 0 Å². The molecule has 0 spiro atoms. The third kappa shape index (κ3) is 7.57. The van der Waals surface area contributed by atoms with Gasteiger partial charge in [0.25, 0.3) is 5.09 Å². The van der Waals surface area contributed by atoms with E-state index in [9.17, 15) is 14.9 Å². The van der Waals surface area contributed by atoms with Crippen LogP contribution >= 0.6 is 22.7 Å². The number of rotatable bonds is 6. The number of carbonyl (C=O) groups is 1. The van der Waals surface area contributed by atoms with Gasteiger partial charge in [0.2, 0.25) is 5.78 Å². The Kier molecular flexibility index (Phi) is 11.6. The zero-order chi connectivity index (χ0) is 20.3. The highest BCUT2D eigenvalue weighted by Gasteiger charge is 2.20. The summed E-state index contributed by atoms with van der Waals surface area (Å²) in [6.07, 6.45) is 1.60. The van der Waals surface area contributed by atoms with Crippen molar-refractivity contribution >= 4 is 28.5 Å². The Morgan fingerprint density at radius 2 is 1.58 bits per heavy atom. The summed E-state index contributed by atoms with van der Waals surface area (Å²) in [6.45, 7) is 13.7. The third-order valence-corrected chi connectivity index (χ3v) is 5.12. The fraction of sp³-hybridized carbons (Fsp3) is 0.588. The molecule has 0 radical (unpaired) electrons. The molecule has 0 N–H and O–H groups in total. The Morgan fingerprint density at radius 1 is 1.08 bits per heavy atom. The van der Waals surface area contributed by atoms with Crippen molar-refractivity contribution in [3.05, 3.63) is 41.3 Å². The molecule has 0 atom stereocenters. The predicted molar refractivity (Wildman–Crippen MR) is 106 cm³/mol. The second-order valence-corrected chi connectivity index (χ2v) is 7.32. The molecule has 2 rings (SSSR count). The fourth-order valence-corrected chi connectivity index (χ4v) is 3.54. The number of aromatic nitrogens is 2. The maximum absolute atomic E-state index is 12.3. The normalized spacial score (nSPS) is 9.50. The Balaban J connectivity index is 0.00000113. The highest BCUT2D eigenvalue weighted by atomic mass is 32.1. The van der Waals surface area contributed by atoms with E-state index in [1.807, 2.05) is 27.7 Å². The second-order valence-electron chi connectivity index (χ2n) is 5.03. The van der Waals surface area contributed by atoms with Gasteiger partial charge in [0.1, 0.15) is 6.61 Å². The fourth-order valence-electron chi connectivity index (χ4n) is 1.63. The molecule has 0 saturated heterocycles. The molecule has 0 aliphatic rings. The number of thiazole rings is 2. The molecule has 2 aromatic heterocycles. The van der Waals surface area contributed by atoms with Gasteiger partial charge in [-0.1, -0.05) is 34.1 Å². The summed E-state index contributed by atoms with van der Waals surface area (Å²) in [4.78, 5) is 37.0. The molecule has 7 nitrogen and oxygen atoms in total. The van der Waals surface area contributed by atoms with Gasteiger partial charge in [-0.05, 0) is 20.8 Å². The number of nitrogens with zero attached hydrogens (tertiary/aromatic N) is 3. The smallest absolute Gasteiger partial charge is 0.294 e. The van der Waals surface area contributed by atoms with Gasteiger partial charge in [-0.2, -0.15) is 0 Å². The Labute approximate surface area is 162 Å². The number of carbonyl (C=O) groups excluding carboxylic acids is 1. The van der Waals surface area contributed by atoms with E-state index >= 15 is 0 Å². The molecule has 0 aliphatic carbocycles. The van der Waals surface area contributed by atoms with Gasteiger partial charge >= 0.3 is 0 Å². The third-order valence-electron chi connectivity index (χ3n) is 2.84. The molecular weight excluding hydrogens is 374 g/mol. The van der Waals surface area contributed by atoms with Crippen LogP contribution in [-0.4, -0.2) is 27.4 Å². The number of hydrogen-bond donors (Lipinski definition) is 0. The molecule has 0 aliphatic heterocycles. The van der Waals surface area contributed by atoms with Crippen LogP contribution in [0.1, 0.15) is 70.1 Å². The molecule has 0 bridgehead atoms. The monoisotopic (exact) mass is 401 g/mol. The maximum atomic E-state index is 12.3. The highest BCUT2D eigenvalue weighted by molar-refractivity contribution is 7.17. The zero-order valence-corrected chi connectivity index (χ0v) is 18.0. The maximum Gasteiger partial charge on any atom is 0.294 e. The summed E-state index contributed by atoms with van der Waals surface area (Å²) in [6, 6.07) is 0. The highest BCUT2D eigenvalue weighted by Crippen LogP contribution is 2.24. The van der Waals surface area contributed by atoms with Crippen molar-refractivity contribution in [2.45, 2.75) is 61.3 Å². The van der Waals surface area contributed by atoms with Crippen molar-refractivity contribution in [3.8, 4) is 0 Å². The first-order valence-electron chi connectivity index (χ1n) is 8.52. The summed E-state index contributed by atoms with van der Waals surface area (Å²) in [7, 11) is 0. The van der Waals surface area contributed by atoms with E-state index in [2.05, 4.69) is 28.7 Å². The van der Waals surface area contributed by atoms with Crippen molar-refractivity contribution < 1.29 is 14.7 Å². The average Bonchev–Trinajstić information content (AvgIpc) is 3.12. The Bertz CT molecular complexity index is 691. The lowest BCUT2D eigenvalue weighted by Crippen LogP contribution is -2.04. The SMILES string of the molecule is CC.CCC.Cc1nc(C(=O)c2nc(C)c(CCO[N+](=O)[O-])s2)sc1C. The van der Waals surface area contributed by atoms with Crippen LogP contribution in [-0.2, 0) is 11.3 Å². The largest absolute Gasteiger partial charge is 0.314 e. The average molecular weight is 402 g/mol. The minimum atomic E-state index is -0.830. The van der Waals surface area contributed by atoms with Crippen molar-refractivity contribution in [1.29, 1.82) is 0 Å². The lowest BCUT2D eigenvalue weighted by atomic mass is 10.3. The lowest BCUT2D eigenvalue weighted by molar-refractivity contribution is -0.757. The summed E-state index contributed by atoms with van der Waals surface area (Å²) in [5.41, 5.74) is 1.54. The van der Waals surface area contributed by atoms with Crippen LogP contribution in [0.5, 0.6) is 0 Å². The van der Waals surface area contributed by atoms with Crippen LogP contribution in [0.3, 0.4) is 0 Å². The molecule has 2 aromatic rings. The van der Waals surface area contributed by atoms with Crippen LogP contribution in [0.25, 0.3) is 0 Å². The van der Waals surface area contributed by atoms with Crippen LogP contribution < -0.4 is 0 Å². The second kappa shape index (κ2) is 12.5. The Morgan fingerprint density at radius 3 is 2.04 bits per heavy atom. The minimum Gasteiger partial charge on any atom is -0.314 e. The molecule has 0 saturated carbocycles. The zero-order valence-electron chi connectivity index (χ0n) is 16.4.